The lowest BCUT2D eigenvalue weighted by atomic mass is 10.1. The molecule has 0 spiro atoms. The summed E-state index contributed by atoms with van der Waals surface area (Å²) in [5, 5.41) is 0.526. The predicted molar refractivity (Wildman–Crippen MR) is 162 cm³/mol. The predicted octanol–water partition coefficient (Wildman–Crippen LogP) is 7.34. The minimum absolute atomic E-state index is 0.0219. The second-order valence-corrected chi connectivity index (χ2v) is 11.7. The molecular weight excluding hydrogens is 547 g/mol. The highest BCUT2D eigenvalue weighted by molar-refractivity contribution is 7.98. The molecule has 0 atom stereocenters. The molecule has 5 aromatic rings. The van der Waals surface area contributed by atoms with Crippen LogP contribution in [0.2, 0.25) is 0 Å². The standard InChI is InChI=1S/C30H27N3O3S3/c1-5-20-8-13-23(14-9-20)32-27-26(39-30(32)37)28(35)33(24-11-6-18(2)7-12-24)29(31-27)38-17-22-16-21(19(3)34)10-15-25(22)36-4/h6-16H,5,17H2,1-4H3. The van der Waals surface area contributed by atoms with Crippen molar-refractivity contribution in [3.8, 4) is 17.1 Å². The average Bonchev–Trinajstić information content (AvgIpc) is 3.28. The van der Waals surface area contributed by atoms with Gasteiger partial charge in [-0.3, -0.25) is 18.7 Å². The smallest absolute Gasteiger partial charge is 0.278 e. The summed E-state index contributed by atoms with van der Waals surface area (Å²) in [7, 11) is 1.60. The van der Waals surface area contributed by atoms with Gasteiger partial charge in [0.2, 0.25) is 0 Å². The van der Waals surface area contributed by atoms with E-state index in [-0.39, 0.29) is 11.3 Å². The fourth-order valence-electron chi connectivity index (χ4n) is 4.32. The van der Waals surface area contributed by atoms with Crippen molar-refractivity contribution in [1.29, 1.82) is 0 Å². The second kappa shape index (κ2) is 11.3. The van der Waals surface area contributed by atoms with E-state index < -0.39 is 0 Å². The number of rotatable bonds is 8. The molecule has 0 bridgehead atoms. The van der Waals surface area contributed by atoms with Crippen LogP contribution in [0.5, 0.6) is 5.75 Å². The monoisotopic (exact) mass is 573 g/mol. The van der Waals surface area contributed by atoms with Crippen LogP contribution >= 0.6 is 35.3 Å². The molecule has 0 amide bonds. The third-order valence-electron chi connectivity index (χ3n) is 6.52. The Balaban J connectivity index is 1.69. The van der Waals surface area contributed by atoms with Gasteiger partial charge in [-0.2, -0.15) is 0 Å². The molecular formula is C30H27N3O3S3. The van der Waals surface area contributed by atoms with Gasteiger partial charge >= 0.3 is 0 Å². The Morgan fingerprint density at radius 3 is 2.33 bits per heavy atom. The van der Waals surface area contributed by atoms with Crippen LogP contribution < -0.4 is 10.3 Å². The molecule has 39 heavy (non-hydrogen) atoms. The minimum atomic E-state index is -0.171. The summed E-state index contributed by atoms with van der Waals surface area (Å²) in [6.07, 6.45) is 0.935. The van der Waals surface area contributed by atoms with Crippen molar-refractivity contribution in [3.05, 3.63) is 103 Å². The van der Waals surface area contributed by atoms with Gasteiger partial charge in [0.05, 0.1) is 12.8 Å². The summed E-state index contributed by atoms with van der Waals surface area (Å²) in [4.78, 5) is 31.1. The molecule has 0 aliphatic rings. The summed E-state index contributed by atoms with van der Waals surface area (Å²) < 4.78 is 10.1. The number of aryl methyl sites for hydroxylation is 2. The Hall–Kier alpha value is -3.53. The summed E-state index contributed by atoms with van der Waals surface area (Å²) in [5.74, 6) is 1.10. The molecule has 9 heteroatoms. The molecule has 2 aromatic heterocycles. The molecule has 0 aliphatic carbocycles. The third kappa shape index (κ3) is 5.34. The number of Topliss-reactive ketones (excluding diaryl/α,β-unsaturated/α-hetero) is 1. The SMILES string of the molecule is CCc1ccc(-n2c(=S)sc3c(=O)n(-c4ccc(C)cc4)c(SCc4cc(C(C)=O)ccc4OC)nc32)cc1. The van der Waals surface area contributed by atoms with E-state index in [1.54, 1.807) is 23.8 Å². The molecule has 0 saturated heterocycles. The van der Waals surface area contributed by atoms with Gasteiger partial charge in [-0.25, -0.2) is 4.98 Å². The van der Waals surface area contributed by atoms with Crippen molar-refractivity contribution in [2.75, 3.05) is 7.11 Å². The second-order valence-electron chi connectivity index (χ2n) is 9.12. The van der Waals surface area contributed by atoms with E-state index >= 15 is 0 Å². The number of hydrogen-bond acceptors (Lipinski definition) is 7. The van der Waals surface area contributed by atoms with Crippen molar-refractivity contribution < 1.29 is 9.53 Å². The molecule has 2 heterocycles. The van der Waals surface area contributed by atoms with Crippen molar-refractivity contribution >= 4 is 51.4 Å². The number of methoxy groups -OCH3 is 1. The van der Waals surface area contributed by atoms with E-state index in [0.29, 0.717) is 36.5 Å². The Morgan fingerprint density at radius 1 is 1.03 bits per heavy atom. The van der Waals surface area contributed by atoms with Crippen LogP contribution in [0.4, 0.5) is 0 Å². The van der Waals surface area contributed by atoms with E-state index in [9.17, 15) is 9.59 Å². The van der Waals surface area contributed by atoms with Crippen LogP contribution in [0.25, 0.3) is 21.7 Å². The molecule has 198 valence electrons. The highest BCUT2D eigenvalue weighted by Crippen LogP contribution is 2.32. The summed E-state index contributed by atoms with van der Waals surface area (Å²) in [6, 6.07) is 21.3. The first kappa shape index (κ1) is 27.1. The number of benzene rings is 3. The van der Waals surface area contributed by atoms with Crippen LogP contribution in [-0.4, -0.2) is 27.0 Å². The zero-order chi connectivity index (χ0) is 27.7. The van der Waals surface area contributed by atoms with Gasteiger partial charge in [0.1, 0.15) is 10.4 Å². The summed E-state index contributed by atoms with van der Waals surface area (Å²) in [6.45, 7) is 5.66. The molecule has 0 fully saturated rings. The van der Waals surface area contributed by atoms with Gasteiger partial charge in [-0.05, 0) is 80.5 Å². The van der Waals surface area contributed by atoms with Gasteiger partial charge in [-0.1, -0.05) is 59.9 Å². The first-order valence-electron chi connectivity index (χ1n) is 12.5. The van der Waals surface area contributed by atoms with Crippen LogP contribution in [0.15, 0.2) is 76.7 Å². The first-order valence-corrected chi connectivity index (χ1v) is 14.7. The van der Waals surface area contributed by atoms with Gasteiger partial charge in [0, 0.05) is 22.6 Å². The number of aromatic nitrogens is 3. The van der Waals surface area contributed by atoms with Gasteiger partial charge < -0.3 is 4.74 Å². The fourth-order valence-corrected chi connectivity index (χ4v) is 6.60. The molecule has 5 rings (SSSR count). The number of fused-ring (bicyclic) bond motifs is 1. The van der Waals surface area contributed by atoms with E-state index in [4.69, 9.17) is 21.9 Å². The van der Waals surface area contributed by atoms with E-state index in [0.717, 1.165) is 28.9 Å². The quantitative estimate of drug-likeness (QED) is 0.0837. The molecule has 0 aliphatic heterocycles. The maximum absolute atomic E-state index is 14.0. The van der Waals surface area contributed by atoms with Crippen molar-refractivity contribution in [2.45, 2.75) is 38.1 Å². The zero-order valence-corrected chi connectivity index (χ0v) is 24.5. The van der Waals surface area contributed by atoms with E-state index in [1.165, 1.54) is 35.6 Å². The van der Waals surface area contributed by atoms with E-state index in [1.807, 2.05) is 54.0 Å². The van der Waals surface area contributed by atoms with Gasteiger partial charge in [-0.15, -0.1) is 0 Å². The number of ether oxygens (including phenoxy) is 1. The molecule has 0 N–H and O–H groups in total. The van der Waals surface area contributed by atoms with Crippen molar-refractivity contribution in [3.63, 3.8) is 0 Å². The lowest BCUT2D eigenvalue weighted by Crippen LogP contribution is -2.21. The van der Waals surface area contributed by atoms with Crippen LogP contribution in [0.3, 0.4) is 0 Å². The van der Waals surface area contributed by atoms with Gasteiger partial charge in [0.15, 0.2) is 20.5 Å². The topological polar surface area (TPSA) is 66.1 Å². The molecule has 0 radical (unpaired) electrons. The number of nitrogens with zero attached hydrogens (tertiary/aromatic N) is 3. The Bertz CT molecular complexity index is 1800. The summed E-state index contributed by atoms with van der Waals surface area (Å²) >= 11 is 8.41. The van der Waals surface area contributed by atoms with E-state index in [2.05, 4.69) is 19.1 Å². The maximum Gasteiger partial charge on any atom is 0.278 e. The molecule has 0 saturated carbocycles. The van der Waals surface area contributed by atoms with Crippen LogP contribution in [-0.2, 0) is 12.2 Å². The van der Waals surface area contributed by atoms with Crippen LogP contribution in [0.1, 0.15) is 40.9 Å². The number of thioether (sulfide) groups is 1. The number of ketones is 1. The molecule has 3 aromatic carbocycles. The Morgan fingerprint density at radius 2 is 1.69 bits per heavy atom. The lowest BCUT2D eigenvalue weighted by molar-refractivity contribution is 0.101. The minimum Gasteiger partial charge on any atom is -0.496 e. The first-order chi connectivity index (χ1) is 18.8. The van der Waals surface area contributed by atoms with Crippen LogP contribution in [0, 0.1) is 10.9 Å². The van der Waals surface area contributed by atoms with Crippen molar-refractivity contribution in [1.82, 2.24) is 14.1 Å². The molecule has 6 nitrogen and oxygen atoms in total. The number of carbonyl (C=O) groups is 1. The number of hydrogen-bond donors (Lipinski definition) is 0. The number of carbonyl (C=O) groups excluding carboxylic acids is 1. The Kier molecular flexibility index (Phi) is 7.83. The maximum atomic E-state index is 14.0. The highest BCUT2D eigenvalue weighted by atomic mass is 32.2. The normalized spacial score (nSPS) is 11.2. The summed E-state index contributed by atoms with van der Waals surface area (Å²) in [5.41, 5.74) is 5.73. The zero-order valence-electron chi connectivity index (χ0n) is 22.1. The molecule has 0 unspecified atom stereocenters. The average molecular weight is 574 g/mol. The largest absolute Gasteiger partial charge is 0.496 e. The highest BCUT2D eigenvalue weighted by Gasteiger charge is 2.20. The number of thiazole rings is 1. The Labute approximate surface area is 239 Å². The third-order valence-corrected chi connectivity index (χ3v) is 8.85. The van der Waals surface area contributed by atoms with Crippen molar-refractivity contribution in [2.24, 2.45) is 0 Å². The van der Waals surface area contributed by atoms with Gasteiger partial charge in [0.25, 0.3) is 5.56 Å². The fraction of sp³-hybridized carbons (Fsp3) is 0.200. The lowest BCUT2D eigenvalue weighted by Gasteiger charge is -2.14.